The van der Waals surface area contributed by atoms with Gasteiger partial charge in [-0.25, -0.2) is 14.2 Å². The lowest BCUT2D eigenvalue weighted by atomic mass is 10.0. The predicted molar refractivity (Wildman–Crippen MR) is 125 cm³/mol. The van der Waals surface area contributed by atoms with Crippen LogP contribution in [0, 0.1) is 17.7 Å². The Morgan fingerprint density at radius 1 is 1.38 bits per heavy atom. The molecule has 1 aromatic carbocycles. The molecule has 1 saturated heterocycles. The van der Waals surface area contributed by atoms with E-state index in [4.69, 9.17) is 9.47 Å². The van der Waals surface area contributed by atoms with Gasteiger partial charge in [-0.2, -0.15) is 0 Å². The third-order valence-corrected chi connectivity index (χ3v) is 5.35. The fourth-order valence-electron chi connectivity index (χ4n) is 3.58. The van der Waals surface area contributed by atoms with Gasteiger partial charge in [-0.1, -0.05) is 11.8 Å². The van der Waals surface area contributed by atoms with Gasteiger partial charge < -0.3 is 24.8 Å². The topological polar surface area (TPSA) is 101 Å². The minimum absolute atomic E-state index is 0.0205. The summed E-state index contributed by atoms with van der Waals surface area (Å²) < 4.78 is 25.0. The summed E-state index contributed by atoms with van der Waals surface area (Å²) in [7, 11) is 3.17. The number of methoxy groups -OCH3 is 1. The Morgan fingerprint density at radius 2 is 2.15 bits per heavy atom. The first-order valence-corrected chi connectivity index (χ1v) is 10.9. The summed E-state index contributed by atoms with van der Waals surface area (Å²) >= 11 is 0. The standard InChI is InChI=1S/C25H28FN3O5/c1-5-34-23(30)22-21(27-16(2)15-33-4)9-8-20(28-22)18-14-17(6-7-19(18)26)10-11-25(32)12-13-29(3)24(25)31/h6-9,14,16,27,32H,5,12-13,15H2,1-4H3. The molecule has 2 heterocycles. The van der Waals surface area contributed by atoms with Crippen molar-refractivity contribution in [3.05, 3.63) is 47.4 Å². The van der Waals surface area contributed by atoms with E-state index in [9.17, 15) is 19.1 Å². The van der Waals surface area contributed by atoms with Gasteiger partial charge in [0.15, 0.2) is 5.69 Å². The molecule has 1 aliphatic rings. The first-order valence-electron chi connectivity index (χ1n) is 10.9. The number of halogens is 1. The molecular formula is C25H28FN3O5. The maximum atomic E-state index is 14.7. The minimum atomic E-state index is -1.76. The Bertz CT molecular complexity index is 1140. The Labute approximate surface area is 198 Å². The molecule has 2 atom stereocenters. The van der Waals surface area contributed by atoms with Crippen LogP contribution < -0.4 is 5.32 Å². The van der Waals surface area contributed by atoms with Gasteiger partial charge >= 0.3 is 5.97 Å². The van der Waals surface area contributed by atoms with Gasteiger partial charge in [0.1, 0.15) is 5.82 Å². The van der Waals surface area contributed by atoms with E-state index in [-0.39, 0.29) is 36.0 Å². The van der Waals surface area contributed by atoms with Crippen LogP contribution in [-0.2, 0) is 14.3 Å². The lowest BCUT2D eigenvalue weighted by Crippen LogP contribution is -2.37. The van der Waals surface area contributed by atoms with E-state index in [1.165, 1.54) is 23.1 Å². The smallest absolute Gasteiger partial charge is 0.359 e. The van der Waals surface area contributed by atoms with E-state index in [1.54, 1.807) is 33.2 Å². The van der Waals surface area contributed by atoms with Crippen molar-refractivity contribution >= 4 is 17.6 Å². The predicted octanol–water partition coefficient (Wildman–Crippen LogP) is 2.46. The van der Waals surface area contributed by atoms with Crippen LogP contribution in [0.5, 0.6) is 0 Å². The number of nitrogens with one attached hydrogen (secondary N) is 1. The van der Waals surface area contributed by atoms with E-state index in [0.717, 1.165) is 0 Å². The second-order valence-corrected chi connectivity index (χ2v) is 8.10. The summed E-state index contributed by atoms with van der Waals surface area (Å²) in [6.45, 7) is 4.54. The molecule has 2 unspecified atom stereocenters. The van der Waals surface area contributed by atoms with Crippen LogP contribution in [-0.4, -0.2) is 72.4 Å². The number of ether oxygens (including phenoxy) is 2. The normalized spacial score (nSPS) is 18.3. The van der Waals surface area contributed by atoms with Crippen LogP contribution in [0.4, 0.5) is 10.1 Å². The van der Waals surface area contributed by atoms with Gasteiger partial charge in [-0.05, 0) is 44.2 Å². The molecule has 8 nitrogen and oxygen atoms in total. The third kappa shape index (κ3) is 5.53. The van der Waals surface area contributed by atoms with E-state index in [1.807, 2.05) is 6.92 Å². The first-order chi connectivity index (χ1) is 16.2. The Kier molecular flexibility index (Phi) is 7.87. The number of nitrogens with zero attached hydrogens (tertiary/aromatic N) is 2. The SMILES string of the molecule is CCOC(=O)c1nc(-c2cc(C#CC3(O)CCN(C)C3=O)ccc2F)ccc1NC(C)COC. The maximum Gasteiger partial charge on any atom is 0.359 e. The van der Waals surface area contributed by atoms with Crippen molar-refractivity contribution in [3.8, 4) is 23.1 Å². The lowest BCUT2D eigenvalue weighted by molar-refractivity contribution is -0.137. The minimum Gasteiger partial charge on any atom is -0.461 e. The zero-order valence-corrected chi connectivity index (χ0v) is 19.6. The highest BCUT2D eigenvalue weighted by Crippen LogP contribution is 2.27. The average Bonchev–Trinajstić information content (AvgIpc) is 3.07. The van der Waals surface area contributed by atoms with Crippen LogP contribution in [0.3, 0.4) is 0 Å². The number of hydrogen-bond donors (Lipinski definition) is 2. The molecule has 0 spiro atoms. The van der Waals surface area contributed by atoms with Crippen molar-refractivity contribution in [1.29, 1.82) is 0 Å². The molecule has 0 bridgehead atoms. The molecule has 1 fully saturated rings. The number of carbonyl (C=O) groups is 2. The highest BCUT2D eigenvalue weighted by molar-refractivity contribution is 5.94. The molecule has 9 heteroatoms. The zero-order chi connectivity index (χ0) is 24.9. The maximum absolute atomic E-state index is 14.7. The lowest BCUT2D eigenvalue weighted by Gasteiger charge is -2.17. The summed E-state index contributed by atoms with van der Waals surface area (Å²) in [5.74, 6) is 3.72. The number of carbonyl (C=O) groups excluding carboxylic acids is 2. The Hall–Kier alpha value is -3.48. The number of likely N-dealkylation sites (N-methyl/N-ethyl adjacent to an activating group) is 1. The Balaban J connectivity index is 1.98. The van der Waals surface area contributed by atoms with Crippen LogP contribution in [0.2, 0.25) is 0 Å². The number of hydrogen-bond acceptors (Lipinski definition) is 7. The number of benzene rings is 1. The summed E-state index contributed by atoms with van der Waals surface area (Å²) in [5, 5.41) is 13.7. The number of pyridine rings is 1. The molecule has 2 N–H and O–H groups in total. The molecule has 180 valence electrons. The van der Waals surface area contributed by atoms with E-state index in [0.29, 0.717) is 24.4 Å². The van der Waals surface area contributed by atoms with Crippen LogP contribution in [0.15, 0.2) is 30.3 Å². The van der Waals surface area contributed by atoms with Gasteiger partial charge in [0, 0.05) is 44.3 Å². The van der Waals surface area contributed by atoms with Gasteiger partial charge in [0.05, 0.1) is 24.6 Å². The summed E-state index contributed by atoms with van der Waals surface area (Å²) in [6, 6.07) is 7.26. The number of likely N-dealkylation sites (tertiary alicyclic amines) is 1. The van der Waals surface area contributed by atoms with E-state index in [2.05, 4.69) is 22.1 Å². The van der Waals surface area contributed by atoms with Crippen molar-refractivity contribution in [3.63, 3.8) is 0 Å². The number of aliphatic hydroxyl groups is 1. The van der Waals surface area contributed by atoms with Gasteiger partial charge in [-0.3, -0.25) is 4.79 Å². The van der Waals surface area contributed by atoms with Crippen LogP contribution in [0.1, 0.15) is 36.3 Å². The highest BCUT2D eigenvalue weighted by Gasteiger charge is 2.42. The molecule has 0 saturated carbocycles. The zero-order valence-electron chi connectivity index (χ0n) is 19.6. The molecule has 1 aromatic heterocycles. The summed E-state index contributed by atoms with van der Waals surface area (Å²) in [4.78, 5) is 30.5. The van der Waals surface area contributed by atoms with Crippen LogP contribution in [0.25, 0.3) is 11.3 Å². The summed E-state index contributed by atoms with van der Waals surface area (Å²) in [6.07, 6.45) is 0.198. The molecular weight excluding hydrogens is 441 g/mol. The van der Waals surface area contributed by atoms with Crippen molar-refractivity contribution < 1.29 is 28.6 Å². The molecule has 2 aromatic rings. The Morgan fingerprint density at radius 3 is 2.79 bits per heavy atom. The molecule has 1 amide bonds. The quantitative estimate of drug-likeness (QED) is 0.475. The van der Waals surface area contributed by atoms with Crippen molar-refractivity contribution in [2.24, 2.45) is 0 Å². The van der Waals surface area contributed by atoms with Crippen molar-refractivity contribution in [1.82, 2.24) is 9.88 Å². The number of anilines is 1. The molecule has 3 rings (SSSR count). The monoisotopic (exact) mass is 469 g/mol. The van der Waals surface area contributed by atoms with Gasteiger partial charge in [0.25, 0.3) is 5.91 Å². The van der Waals surface area contributed by atoms with Gasteiger partial charge in [-0.15, -0.1) is 0 Å². The number of aromatic nitrogens is 1. The second kappa shape index (κ2) is 10.6. The van der Waals surface area contributed by atoms with Crippen molar-refractivity contribution in [2.45, 2.75) is 31.9 Å². The van der Waals surface area contributed by atoms with E-state index >= 15 is 0 Å². The summed E-state index contributed by atoms with van der Waals surface area (Å²) in [5.41, 5.74) is -0.575. The van der Waals surface area contributed by atoms with E-state index < -0.39 is 23.3 Å². The molecule has 0 radical (unpaired) electrons. The number of amides is 1. The number of rotatable bonds is 7. The average molecular weight is 470 g/mol. The highest BCUT2D eigenvalue weighted by atomic mass is 19.1. The van der Waals surface area contributed by atoms with Crippen LogP contribution >= 0.6 is 0 Å². The second-order valence-electron chi connectivity index (χ2n) is 8.10. The fourth-order valence-corrected chi connectivity index (χ4v) is 3.58. The molecule has 0 aliphatic carbocycles. The first kappa shape index (κ1) is 25.1. The third-order valence-electron chi connectivity index (χ3n) is 5.35. The fraction of sp³-hybridized carbons (Fsp3) is 0.400. The largest absolute Gasteiger partial charge is 0.461 e. The number of esters is 1. The van der Waals surface area contributed by atoms with Crippen molar-refractivity contribution in [2.75, 3.05) is 39.2 Å². The van der Waals surface area contributed by atoms with Gasteiger partial charge in [0.2, 0.25) is 5.60 Å². The molecule has 1 aliphatic heterocycles. The molecule has 34 heavy (non-hydrogen) atoms.